The first-order valence-corrected chi connectivity index (χ1v) is 7.35. The highest BCUT2D eigenvalue weighted by atomic mass is 16.2. The van der Waals surface area contributed by atoms with Crippen LogP contribution in [0.5, 0.6) is 0 Å². The third kappa shape index (κ3) is 4.85. The first-order chi connectivity index (χ1) is 9.63. The van der Waals surface area contributed by atoms with Crippen molar-refractivity contribution >= 4 is 6.03 Å². The lowest BCUT2D eigenvalue weighted by molar-refractivity contribution is 0.234. The normalized spacial score (nSPS) is 17.1. The van der Waals surface area contributed by atoms with E-state index < -0.39 is 0 Å². The van der Waals surface area contributed by atoms with Gasteiger partial charge >= 0.3 is 6.03 Å². The van der Waals surface area contributed by atoms with Gasteiger partial charge < -0.3 is 15.5 Å². The van der Waals surface area contributed by atoms with Crippen LogP contribution in [0.4, 0.5) is 4.79 Å². The van der Waals surface area contributed by atoms with Gasteiger partial charge in [-0.15, -0.1) is 0 Å². The number of aromatic nitrogens is 2. The van der Waals surface area contributed by atoms with Gasteiger partial charge in [0.05, 0.1) is 6.20 Å². The van der Waals surface area contributed by atoms with Crippen LogP contribution in [0.3, 0.4) is 0 Å². The van der Waals surface area contributed by atoms with Crippen molar-refractivity contribution in [2.24, 2.45) is 13.0 Å². The second-order valence-electron chi connectivity index (χ2n) is 5.70. The topological polar surface area (TPSA) is 62.2 Å². The van der Waals surface area contributed by atoms with Gasteiger partial charge in [-0.1, -0.05) is 6.92 Å². The van der Waals surface area contributed by atoms with E-state index in [-0.39, 0.29) is 6.03 Å². The van der Waals surface area contributed by atoms with Gasteiger partial charge in [0.2, 0.25) is 0 Å². The van der Waals surface area contributed by atoms with Crippen molar-refractivity contribution < 1.29 is 4.79 Å². The highest BCUT2D eigenvalue weighted by Crippen LogP contribution is 2.09. The number of rotatable bonds is 6. The molecular weight excluding hydrogens is 254 g/mol. The maximum Gasteiger partial charge on any atom is 0.315 e. The Morgan fingerprint density at radius 3 is 2.80 bits per heavy atom. The van der Waals surface area contributed by atoms with E-state index in [1.165, 1.54) is 25.9 Å². The molecule has 2 heterocycles. The summed E-state index contributed by atoms with van der Waals surface area (Å²) in [5, 5.41) is 9.84. The number of nitrogens with one attached hydrogen (secondary N) is 2. The molecule has 1 saturated heterocycles. The minimum Gasteiger partial charge on any atom is -0.338 e. The lowest BCUT2D eigenvalue weighted by Gasteiger charge is -2.20. The second kappa shape index (κ2) is 7.28. The Hall–Kier alpha value is -1.56. The van der Waals surface area contributed by atoms with E-state index >= 15 is 0 Å². The first-order valence-electron chi connectivity index (χ1n) is 7.35. The second-order valence-corrected chi connectivity index (χ2v) is 5.70. The van der Waals surface area contributed by atoms with Gasteiger partial charge in [0.25, 0.3) is 0 Å². The SMILES string of the molecule is CC(CNC(=O)NCc1cnn(C)c1)CN1CCCC1. The average molecular weight is 279 g/mol. The van der Waals surface area contributed by atoms with Crippen LogP contribution in [0.1, 0.15) is 25.3 Å². The molecule has 1 atom stereocenters. The minimum absolute atomic E-state index is 0.109. The Labute approximate surface area is 120 Å². The Kier molecular flexibility index (Phi) is 5.40. The summed E-state index contributed by atoms with van der Waals surface area (Å²) in [6.07, 6.45) is 6.28. The summed E-state index contributed by atoms with van der Waals surface area (Å²) >= 11 is 0. The molecule has 0 bridgehead atoms. The van der Waals surface area contributed by atoms with Crippen LogP contribution in [-0.2, 0) is 13.6 Å². The molecule has 6 heteroatoms. The highest BCUT2D eigenvalue weighted by Gasteiger charge is 2.14. The zero-order chi connectivity index (χ0) is 14.4. The molecule has 0 aliphatic carbocycles. The number of nitrogens with zero attached hydrogens (tertiary/aromatic N) is 3. The summed E-state index contributed by atoms with van der Waals surface area (Å²) in [4.78, 5) is 14.2. The van der Waals surface area contributed by atoms with Crippen LogP contribution < -0.4 is 10.6 Å². The molecule has 1 aromatic heterocycles. The monoisotopic (exact) mass is 279 g/mol. The molecule has 2 N–H and O–H groups in total. The summed E-state index contributed by atoms with van der Waals surface area (Å²) in [7, 11) is 1.86. The fraction of sp³-hybridized carbons (Fsp3) is 0.714. The van der Waals surface area contributed by atoms with E-state index in [9.17, 15) is 4.79 Å². The number of urea groups is 1. The lowest BCUT2D eigenvalue weighted by Crippen LogP contribution is -2.39. The van der Waals surface area contributed by atoms with Gasteiger partial charge in [-0.25, -0.2) is 4.79 Å². The van der Waals surface area contributed by atoms with Crippen LogP contribution in [0, 0.1) is 5.92 Å². The van der Waals surface area contributed by atoms with E-state index in [4.69, 9.17) is 0 Å². The van der Waals surface area contributed by atoms with Gasteiger partial charge in [-0.05, 0) is 31.8 Å². The summed E-state index contributed by atoms with van der Waals surface area (Å²) in [5.41, 5.74) is 1.01. The molecule has 1 fully saturated rings. The molecule has 0 saturated carbocycles. The molecule has 1 aliphatic heterocycles. The predicted molar refractivity (Wildman–Crippen MR) is 78.3 cm³/mol. The zero-order valence-corrected chi connectivity index (χ0v) is 12.4. The van der Waals surface area contributed by atoms with E-state index in [2.05, 4.69) is 27.6 Å². The smallest absolute Gasteiger partial charge is 0.315 e. The molecule has 0 radical (unpaired) electrons. The third-order valence-electron chi connectivity index (χ3n) is 3.59. The van der Waals surface area contributed by atoms with Crippen LogP contribution in [0.15, 0.2) is 12.4 Å². The third-order valence-corrected chi connectivity index (χ3v) is 3.59. The van der Waals surface area contributed by atoms with E-state index in [1.54, 1.807) is 10.9 Å². The molecule has 0 spiro atoms. The van der Waals surface area contributed by atoms with Crippen molar-refractivity contribution in [3.8, 4) is 0 Å². The molecule has 1 aliphatic rings. The molecule has 2 rings (SSSR count). The number of hydrogen-bond donors (Lipinski definition) is 2. The van der Waals surface area contributed by atoms with E-state index in [0.29, 0.717) is 12.5 Å². The van der Waals surface area contributed by atoms with Crippen molar-refractivity contribution in [3.63, 3.8) is 0 Å². The van der Waals surface area contributed by atoms with Crippen molar-refractivity contribution in [1.82, 2.24) is 25.3 Å². The average Bonchev–Trinajstić information content (AvgIpc) is 3.05. The van der Waals surface area contributed by atoms with Gasteiger partial charge in [0, 0.05) is 38.4 Å². The number of amides is 2. The Morgan fingerprint density at radius 2 is 2.15 bits per heavy atom. The minimum atomic E-state index is -0.109. The summed E-state index contributed by atoms with van der Waals surface area (Å²) < 4.78 is 1.73. The van der Waals surface area contributed by atoms with Gasteiger partial charge in [0.1, 0.15) is 0 Å². The molecule has 2 amide bonds. The number of likely N-dealkylation sites (tertiary alicyclic amines) is 1. The molecule has 0 aromatic carbocycles. The standard InChI is InChI=1S/C14H25N5O/c1-12(10-19-5-3-4-6-19)7-15-14(20)16-8-13-9-17-18(2)11-13/h9,11-12H,3-8,10H2,1-2H3,(H2,15,16,20). The highest BCUT2D eigenvalue weighted by molar-refractivity contribution is 5.73. The lowest BCUT2D eigenvalue weighted by atomic mass is 10.1. The first kappa shape index (κ1) is 14.8. The fourth-order valence-corrected chi connectivity index (χ4v) is 2.55. The quantitative estimate of drug-likeness (QED) is 0.815. The summed E-state index contributed by atoms with van der Waals surface area (Å²) in [6.45, 7) is 6.90. The van der Waals surface area contributed by atoms with E-state index in [1.807, 2.05) is 13.2 Å². The molecule has 20 heavy (non-hydrogen) atoms. The van der Waals surface area contributed by atoms with Crippen molar-refractivity contribution in [2.75, 3.05) is 26.2 Å². The van der Waals surface area contributed by atoms with E-state index in [0.717, 1.165) is 18.7 Å². The Morgan fingerprint density at radius 1 is 1.40 bits per heavy atom. The number of aryl methyl sites for hydroxylation is 1. The largest absolute Gasteiger partial charge is 0.338 e. The number of hydrogen-bond acceptors (Lipinski definition) is 3. The molecule has 112 valence electrons. The number of carbonyl (C=O) groups excluding carboxylic acids is 1. The Balaban J connectivity index is 1.59. The van der Waals surface area contributed by atoms with Crippen LogP contribution in [0.25, 0.3) is 0 Å². The van der Waals surface area contributed by atoms with Crippen LogP contribution in [-0.4, -0.2) is 46.9 Å². The van der Waals surface area contributed by atoms with Crippen LogP contribution >= 0.6 is 0 Å². The molecule has 6 nitrogen and oxygen atoms in total. The summed E-state index contributed by atoms with van der Waals surface area (Å²) in [5.74, 6) is 0.484. The fourth-order valence-electron chi connectivity index (χ4n) is 2.55. The number of carbonyl (C=O) groups is 1. The van der Waals surface area contributed by atoms with Gasteiger partial charge in [0.15, 0.2) is 0 Å². The Bertz CT molecular complexity index is 425. The summed E-state index contributed by atoms with van der Waals surface area (Å²) in [6, 6.07) is -0.109. The molecule has 1 unspecified atom stereocenters. The van der Waals surface area contributed by atoms with Crippen molar-refractivity contribution in [3.05, 3.63) is 18.0 Å². The molecular formula is C14H25N5O. The van der Waals surface area contributed by atoms with Gasteiger partial charge in [-0.2, -0.15) is 5.10 Å². The maximum absolute atomic E-state index is 11.7. The maximum atomic E-state index is 11.7. The van der Waals surface area contributed by atoms with Crippen LogP contribution in [0.2, 0.25) is 0 Å². The van der Waals surface area contributed by atoms with Gasteiger partial charge in [-0.3, -0.25) is 4.68 Å². The zero-order valence-electron chi connectivity index (χ0n) is 12.4. The molecule has 1 aromatic rings. The van der Waals surface area contributed by atoms with Crippen molar-refractivity contribution in [2.45, 2.75) is 26.3 Å². The van der Waals surface area contributed by atoms with Crippen molar-refractivity contribution in [1.29, 1.82) is 0 Å². The predicted octanol–water partition coefficient (Wildman–Crippen LogP) is 0.951.